The van der Waals surface area contributed by atoms with Crippen molar-refractivity contribution in [2.24, 2.45) is 0 Å². The van der Waals surface area contributed by atoms with Crippen molar-refractivity contribution in [1.29, 1.82) is 0 Å². The molecule has 4 nitrogen and oxygen atoms in total. The highest BCUT2D eigenvalue weighted by atomic mass is 19.1. The molecular formula is C16H15FN2O2. The molecule has 1 aliphatic heterocycles. The van der Waals surface area contributed by atoms with Crippen LogP contribution >= 0.6 is 0 Å². The molecule has 2 aromatic rings. The molecule has 0 aliphatic carbocycles. The highest BCUT2D eigenvalue weighted by molar-refractivity contribution is 6.02. The zero-order valence-electron chi connectivity index (χ0n) is 11.7. The Kier molecular flexibility index (Phi) is 3.14. The van der Waals surface area contributed by atoms with Gasteiger partial charge in [0.25, 0.3) is 5.91 Å². The van der Waals surface area contributed by atoms with Crippen LogP contribution in [0.2, 0.25) is 0 Å². The van der Waals surface area contributed by atoms with Crippen molar-refractivity contribution in [3.8, 4) is 0 Å². The first-order valence-corrected chi connectivity index (χ1v) is 6.61. The molecule has 108 valence electrons. The van der Waals surface area contributed by atoms with Crippen LogP contribution < -0.4 is 10.2 Å². The van der Waals surface area contributed by atoms with Crippen molar-refractivity contribution in [1.82, 2.24) is 0 Å². The van der Waals surface area contributed by atoms with Crippen molar-refractivity contribution < 1.29 is 14.3 Å². The highest BCUT2D eigenvalue weighted by Crippen LogP contribution is 2.37. The minimum Gasteiger partial charge on any atom is -0.378 e. The maximum absolute atomic E-state index is 14.3. The molecule has 21 heavy (non-hydrogen) atoms. The number of carbonyl (C=O) groups excluding carboxylic acids is 1. The molecule has 0 bridgehead atoms. The molecule has 1 aliphatic rings. The van der Waals surface area contributed by atoms with Crippen LogP contribution in [0, 0.1) is 12.7 Å². The van der Waals surface area contributed by atoms with E-state index in [9.17, 15) is 14.3 Å². The van der Waals surface area contributed by atoms with Crippen LogP contribution in [0.5, 0.6) is 0 Å². The van der Waals surface area contributed by atoms with Crippen LogP contribution in [-0.4, -0.2) is 18.1 Å². The van der Waals surface area contributed by atoms with Gasteiger partial charge in [-0.3, -0.25) is 4.79 Å². The molecule has 1 atom stereocenters. The summed E-state index contributed by atoms with van der Waals surface area (Å²) in [6.07, 6.45) is -1.30. The minimum absolute atomic E-state index is 0.277. The quantitative estimate of drug-likeness (QED) is 0.892. The number of carbonyl (C=O) groups is 1. The van der Waals surface area contributed by atoms with Crippen LogP contribution in [0.1, 0.15) is 17.2 Å². The largest absolute Gasteiger partial charge is 0.378 e. The predicted octanol–water partition coefficient (Wildman–Crippen LogP) is 2.89. The lowest BCUT2D eigenvalue weighted by molar-refractivity contribution is -0.123. The van der Waals surface area contributed by atoms with E-state index < -0.39 is 17.8 Å². The van der Waals surface area contributed by atoms with E-state index in [1.807, 2.05) is 31.2 Å². The average molecular weight is 286 g/mol. The molecule has 0 fully saturated rings. The van der Waals surface area contributed by atoms with Gasteiger partial charge >= 0.3 is 0 Å². The summed E-state index contributed by atoms with van der Waals surface area (Å²) in [5.41, 5.74) is 2.96. The number of benzene rings is 2. The van der Waals surface area contributed by atoms with E-state index in [2.05, 4.69) is 5.32 Å². The first-order chi connectivity index (χ1) is 9.99. The Hall–Kier alpha value is -2.40. The molecule has 0 saturated carbocycles. The molecule has 1 heterocycles. The Balaban J connectivity index is 2.07. The van der Waals surface area contributed by atoms with Crippen LogP contribution in [-0.2, 0) is 4.79 Å². The average Bonchev–Trinajstić information content (AvgIpc) is 2.73. The first-order valence-electron chi connectivity index (χ1n) is 6.61. The topological polar surface area (TPSA) is 52.6 Å². The van der Waals surface area contributed by atoms with Crippen molar-refractivity contribution >= 4 is 23.0 Å². The number of para-hydroxylation sites is 1. The third-order valence-electron chi connectivity index (χ3n) is 3.76. The Bertz CT molecular complexity index is 730. The van der Waals surface area contributed by atoms with E-state index >= 15 is 0 Å². The zero-order valence-corrected chi connectivity index (χ0v) is 11.7. The summed E-state index contributed by atoms with van der Waals surface area (Å²) in [6, 6.07) is 10.4. The molecule has 0 radical (unpaired) electrons. The van der Waals surface area contributed by atoms with Crippen LogP contribution in [0.15, 0.2) is 36.4 Å². The molecule has 1 unspecified atom stereocenters. The van der Waals surface area contributed by atoms with Gasteiger partial charge in [-0.15, -0.1) is 0 Å². The molecule has 5 heteroatoms. The van der Waals surface area contributed by atoms with Gasteiger partial charge in [0.15, 0.2) is 6.10 Å². The first kappa shape index (κ1) is 13.6. The van der Waals surface area contributed by atoms with Gasteiger partial charge in [0.2, 0.25) is 0 Å². The standard InChI is InChI=1S/C16H15FN2O2/c1-9-5-3-4-6-13(9)19(2)14-8-12-10(7-11(14)17)15(20)16(21)18-12/h3-8,15,20H,1-2H3,(H,18,21). The number of aliphatic hydroxyl groups is 1. The lowest BCUT2D eigenvalue weighted by Gasteiger charge is -2.22. The van der Waals surface area contributed by atoms with E-state index in [0.717, 1.165) is 11.3 Å². The monoisotopic (exact) mass is 286 g/mol. The Morgan fingerprint density at radius 1 is 1.24 bits per heavy atom. The van der Waals surface area contributed by atoms with Gasteiger partial charge in [-0.1, -0.05) is 18.2 Å². The van der Waals surface area contributed by atoms with Crippen molar-refractivity contribution in [2.75, 3.05) is 17.3 Å². The third kappa shape index (κ3) is 2.15. The summed E-state index contributed by atoms with van der Waals surface area (Å²) in [7, 11) is 1.76. The lowest BCUT2D eigenvalue weighted by atomic mass is 10.1. The van der Waals surface area contributed by atoms with Crippen LogP contribution in [0.3, 0.4) is 0 Å². The lowest BCUT2D eigenvalue weighted by Crippen LogP contribution is -2.13. The normalized spacial score (nSPS) is 16.6. The van der Waals surface area contributed by atoms with Crippen molar-refractivity contribution in [3.63, 3.8) is 0 Å². The Morgan fingerprint density at radius 3 is 2.67 bits per heavy atom. The van der Waals surface area contributed by atoms with Gasteiger partial charge in [-0.2, -0.15) is 0 Å². The maximum atomic E-state index is 14.3. The van der Waals surface area contributed by atoms with Crippen molar-refractivity contribution in [2.45, 2.75) is 13.0 Å². The van der Waals surface area contributed by atoms with E-state index in [4.69, 9.17) is 0 Å². The molecular weight excluding hydrogens is 271 g/mol. The molecule has 0 aromatic heterocycles. The molecule has 2 N–H and O–H groups in total. The minimum atomic E-state index is -1.30. The number of aryl methyl sites for hydroxylation is 1. The molecule has 2 aromatic carbocycles. The highest BCUT2D eigenvalue weighted by Gasteiger charge is 2.30. The van der Waals surface area contributed by atoms with Gasteiger partial charge in [0.05, 0.1) is 5.69 Å². The van der Waals surface area contributed by atoms with Gasteiger partial charge in [-0.05, 0) is 30.7 Å². The second-order valence-corrected chi connectivity index (χ2v) is 5.13. The number of nitrogens with one attached hydrogen (secondary N) is 1. The summed E-state index contributed by atoms with van der Waals surface area (Å²) in [6.45, 7) is 1.95. The predicted molar refractivity (Wildman–Crippen MR) is 79.2 cm³/mol. The molecule has 0 spiro atoms. The Morgan fingerprint density at radius 2 is 1.95 bits per heavy atom. The summed E-state index contributed by atoms with van der Waals surface area (Å²) in [4.78, 5) is 13.2. The number of rotatable bonds is 2. The number of fused-ring (bicyclic) bond motifs is 1. The SMILES string of the molecule is Cc1ccccc1N(C)c1cc2c(cc1F)C(O)C(=O)N2. The Labute approximate surface area is 121 Å². The maximum Gasteiger partial charge on any atom is 0.257 e. The molecule has 1 amide bonds. The number of halogens is 1. The zero-order chi connectivity index (χ0) is 15.1. The number of amides is 1. The number of hydrogen-bond acceptors (Lipinski definition) is 3. The fraction of sp³-hybridized carbons (Fsp3) is 0.188. The van der Waals surface area contributed by atoms with E-state index in [0.29, 0.717) is 11.4 Å². The summed E-state index contributed by atoms with van der Waals surface area (Å²) < 4.78 is 14.3. The van der Waals surface area contributed by atoms with Gasteiger partial charge < -0.3 is 15.3 Å². The van der Waals surface area contributed by atoms with E-state index in [1.54, 1.807) is 18.0 Å². The molecule has 3 rings (SSSR count). The van der Waals surface area contributed by atoms with Gasteiger partial charge in [0, 0.05) is 24.0 Å². The van der Waals surface area contributed by atoms with Gasteiger partial charge in [-0.25, -0.2) is 4.39 Å². The fourth-order valence-electron chi connectivity index (χ4n) is 2.58. The number of aliphatic hydroxyl groups excluding tert-OH is 1. The summed E-state index contributed by atoms with van der Waals surface area (Å²) >= 11 is 0. The van der Waals surface area contributed by atoms with Crippen molar-refractivity contribution in [3.05, 3.63) is 53.3 Å². The van der Waals surface area contributed by atoms with Gasteiger partial charge in [0.1, 0.15) is 5.82 Å². The second kappa shape index (κ2) is 4.86. The molecule has 0 saturated heterocycles. The van der Waals surface area contributed by atoms with E-state index in [1.165, 1.54) is 6.07 Å². The van der Waals surface area contributed by atoms with Crippen LogP contribution in [0.4, 0.5) is 21.5 Å². The third-order valence-corrected chi connectivity index (χ3v) is 3.76. The second-order valence-electron chi connectivity index (χ2n) is 5.13. The number of nitrogens with zero attached hydrogens (tertiary/aromatic N) is 1. The summed E-state index contributed by atoms with van der Waals surface area (Å²) in [5, 5.41) is 12.2. The summed E-state index contributed by atoms with van der Waals surface area (Å²) in [5.74, 6) is -1.00. The number of anilines is 3. The van der Waals surface area contributed by atoms with Crippen LogP contribution in [0.25, 0.3) is 0 Å². The van der Waals surface area contributed by atoms with E-state index in [-0.39, 0.29) is 5.56 Å². The fourth-order valence-corrected chi connectivity index (χ4v) is 2.58. The number of hydrogen-bond donors (Lipinski definition) is 2. The smallest absolute Gasteiger partial charge is 0.257 e.